The van der Waals surface area contributed by atoms with Crippen LogP contribution < -0.4 is 16.0 Å². The van der Waals surface area contributed by atoms with Gasteiger partial charge in [-0.2, -0.15) is 0 Å². The summed E-state index contributed by atoms with van der Waals surface area (Å²) in [6.07, 6.45) is 0.995. The zero-order valence-electron chi connectivity index (χ0n) is 15.6. The maximum absolute atomic E-state index is 12.5. The average Bonchev–Trinajstić information content (AvgIpc) is 2.53. The molecule has 0 aliphatic heterocycles. The van der Waals surface area contributed by atoms with E-state index in [4.69, 9.17) is 0 Å². The lowest BCUT2D eigenvalue weighted by molar-refractivity contribution is -0.114. The van der Waals surface area contributed by atoms with Crippen molar-refractivity contribution in [1.29, 1.82) is 0 Å². The number of hydrogen-bond donors (Lipinski definition) is 3. The highest BCUT2D eigenvalue weighted by Crippen LogP contribution is 2.16. The highest BCUT2D eigenvalue weighted by atomic mass is 16.2. The number of anilines is 3. The Morgan fingerprint density at radius 1 is 1.08 bits per heavy atom. The third kappa shape index (κ3) is 6.16. The number of amides is 2. The lowest BCUT2D eigenvalue weighted by Gasteiger charge is -2.10. The first-order valence-corrected chi connectivity index (χ1v) is 8.62. The van der Waals surface area contributed by atoms with Crippen LogP contribution in [0.1, 0.15) is 43.4 Å². The smallest absolute Gasteiger partial charge is 0.274 e. The van der Waals surface area contributed by atoms with Gasteiger partial charge in [0.25, 0.3) is 5.91 Å². The molecule has 0 fully saturated rings. The van der Waals surface area contributed by atoms with Gasteiger partial charge in [0.1, 0.15) is 5.69 Å². The van der Waals surface area contributed by atoms with Crippen molar-refractivity contribution in [2.24, 2.45) is 5.92 Å². The summed E-state index contributed by atoms with van der Waals surface area (Å²) in [5, 5.41) is 8.63. The van der Waals surface area contributed by atoms with Crippen LogP contribution in [0, 0.1) is 12.8 Å². The maximum atomic E-state index is 12.5. The van der Waals surface area contributed by atoms with E-state index >= 15 is 0 Å². The molecule has 7 heteroatoms. The molecule has 1 aromatic carbocycles. The van der Waals surface area contributed by atoms with E-state index in [1.54, 1.807) is 30.3 Å². The molecule has 2 amide bonds. The fraction of sp³-hybridized carbons (Fsp3) is 0.368. The van der Waals surface area contributed by atoms with E-state index in [-0.39, 0.29) is 17.5 Å². The van der Waals surface area contributed by atoms with Crippen LogP contribution in [-0.4, -0.2) is 28.3 Å². The molecule has 0 atom stereocenters. The van der Waals surface area contributed by atoms with Crippen molar-refractivity contribution in [3.63, 3.8) is 0 Å². The van der Waals surface area contributed by atoms with Gasteiger partial charge in [0.05, 0.1) is 0 Å². The number of nitrogens with zero attached hydrogens (tertiary/aromatic N) is 2. The van der Waals surface area contributed by atoms with Crippen molar-refractivity contribution in [3.05, 3.63) is 41.7 Å². The lowest BCUT2D eigenvalue weighted by Crippen LogP contribution is -2.17. The van der Waals surface area contributed by atoms with Gasteiger partial charge in [-0.15, -0.1) is 0 Å². The molecule has 0 saturated heterocycles. The van der Waals surface area contributed by atoms with Crippen molar-refractivity contribution in [1.82, 2.24) is 9.97 Å². The van der Waals surface area contributed by atoms with Crippen molar-refractivity contribution >= 4 is 29.1 Å². The molecule has 0 bridgehead atoms. The van der Waals surface area contributed by atoms with E-state index in [1.807, 2.05) is 6.92 Å². The summed E-state index contributed by atoms with van der Waals surface area (Å²) < 4.78 is 0. The molecule has 2 aromatic rings. The Morgan fingerprint density at radius 2 is 1.77 bits per heavy atom. The van der Waals surface area contributed by atoms with Crippen LogP contribution in [0.4, 0.5) is 17.3 Å². The minimum atomic E-state index is -0.331. The molecule has 0 unspecified atom stereocenters. The molecule has 1 heterocycles. The number of aromatic nitrogens is 2. The standard InChI is InChI=1S/C19H25N5O2/c1-12(2)8-9-20-19-21-13(3)10-17(24-19)18(26)23-16-7-5-6-15(11-16)22-14(4)25/h5-7,10-12H,8-9H2,1-4H3,(H,22,25)(H,23,26)(H,20,21,24). The topological polar surface area (TPSA) is 96.0 Å². The van der Waals surface area contributed by atoms with E-state index in [2.05, 4.69) is 39.8 Å². The van der Waals surface area contributed by atoms with Crippen molar-refractivity contribution in [2.75, 3.05) is 22.5 Å². The largest absolute Gasteiger partial charge is 0.354 e. The number of carbonyl (C=O) groups is 2. The van der Waals surface area contributed by atoms with E-state index in [0.717, 1.165) is 13.0 Å². The number of benzene rings is 1. The Balaban J connectivity index is 2.09. The number of nitrogens with one attached hydrogen (secondary N) is 3. The molecule has 1 aromatic heterocycles. The molecular weight excluding hydrogens is 330 g/mol. The van der Waals surface area contributed by atoms with E-state index < -0.39 is 0 Å². The first-order valence-electron chi connectivity index (χ1n) is 8.62. The molecule has 138 valence electrons. The Hall–Kier alpha value is -2.96. The third-order valence-electron chi connectivity index (χ3n) is 3.53. The normalized spacial score (nSPS) is 10.5. The summed E-state index contributed by atoms with van der Waals surface area (Å²) in [5.74, 6) is 0.521. The van der Waals surface area contributed by atoms with Crippen LogP contribution in [0.15, 0.2) is 30.3 Å². The first-order chi connectivity index (χ1) is 12.3. The summed E-state index contributed by atoms with van der Waals surface area (Å²) in [4.78, 5) is 32.3. The molecule has 0 aliphatic rings. The highest BCUT2D eigenvalue weighted by molar-refractivity contribution is 6.03. The Bertz CT molecular complexity index is 789. The fourth-order valence-electron chi connectivity index (χ4n) is 2.31. The number of rotatable bonds is 7. The molecule has 2 rings (SSSR count). The fourth-order valence-corrected chi connectivity index (χ4v) is 2.31. The summed E-state index contributed by atoms with van der Waals surface area (Å²) >= 11 is 0. The van der Waals surface area contributed by atoms with Crippen LogP contribution in [0.3, 0.4) is 0 Å². The van der Waals surface area contributed by atoms with Gasteiger partial charge in [-0.25, -0.2) is 9.97 Å². The number of aryl methyl sites for hydroxylation is 1. The predicted octanol–water partition coefficient (Wildman–Crippen LogP) is 3.45. The van der Waals surface area contributed by atoms with Crippen molar-refractivity contribution in [3.8, 4) is 0 Å². The molecule has 3 N–H and O–H groups in total. The number of carbonyl (C=O) groups excluding carboxylic acids is 2. The van der Waals surface area contributed by atoms with E-state index in [1.165, 1.54) is 6.92 Å². The Morgan fingerprint density at radius 3 is 2.42 bits per heavy atom. The van der Waals surface area contributed by atoms with Crippen LogP contribution >= 0.6 is 0 Å². The predicted molar refractivity (Wildman–Crippen MR) is 103 cm³/mol. The first kappa shape index (κ1) is 19.4. The summed E-state index contributed by atoms with van der Waals surface area (Å²) in [6.45, 7) is 8.30. The van der Waals surface area contributed by atoms with Crippen molar-refractivity contribution in [2.45, 2.75) is 34.1 Å². The molecule has 7 nitrogen and oxygen atoms in total. The monoisotopic (exact) mass is 355 g/mol. The van der Waals surface area contributed by atoms with Gasteiger partial charge in [0.2, 0.25) is 11.9 Å². The van der Waals surface area contributed by atoms with Gasteiger partial charge in [0, 0.05) is 30.5 Å². The van der Waals surface area contributed by atoms with Crippen molar-refractivity contribution < 1.29 is 9.59 Å². The summed E-state index contributed by atoms with van der Waals surface area (Å²) in [6, 6.07) is 8.59. The molecular formula is C19H25N5O2. The Labute approximate surface area is 153 Å². The molecule has 0 saturated carbocycles. The van der Waals surface area contributed by atoms with Gasteiger partial charge in [0.15, 0.2) is 0 Å². The van der Waals surface area contributed by atoms with Crippen LogP contribution in [0.25, 0.3) is 0 Å². The van der Waals surface area contributed by atoms with E-state index in [0.29, 0.717) is 28.9 Å². The molecule has 0 radical (unpaired) electrons. The van der Waals surface area contributed by atoms with Crippen LogP contribution in [0.2, 0.25) is 0 Å². The average molecular weight is 355 g/mol. The third-order valence-corrected chi connectivity index (χ3v) is 3.53. The van der Waals surface area contributed by atoms with Gasteiger partial charge in [-0.05, 0) is 43.5 Å². The second kappa shape index (κ2) is 8.94. The van der Waals surface area contributed by atoms with Gasteiger partial charge < -0.3 is 16.0 Å². The minimum Gasteiger partial charge on any atom is -0.354 e. The second-order valence-electron chi connectivity index (χ2n) is 6.54. The lowest BCUT2D eigenvalue weighted by atomic mass is 10.1. The van der Waals surface area contributed by atoms with Gasteiger partial charge in [-0.1, -0.05) is 19.9 Å². The molecule has 0 aliphatic carbocycles. The molecule has 26 heavy (non-hydrogen) atoms. The second-order valence-corrected chi connectivity index (χ2v) is 6.54. The summed E-state index contributed by atoms with van der Waals surface area (Å²) in [7, 11) is 0. The van der Waals surface area contributed by atoms with Gasteiger partial charge >= 0.3 is 0 Å². The quantitative estimate of drug-likeness (QED) is 0.707. The maximum Gasteiger partial charge on any atom is 0.274 e. The number of hydrogen-bond acceptors (Lipinski definition) is 5. The van der Waals surface area contributed by atoms with E-state index in [9.17, 15) is 9.59 Å². The minimum absolute atomic E-state index is 0.169. The van der Waals surface area contributed by atoms with Crippen LogP contribution in [-0.2, 0) is 4.79 Å². The molecule has 0 spiro atoms. The highest BCUT2D eigenvalue weighted by Gasteiger charge is 2.11. The zero-order chi connectivity index (χ0) is 19.1. The zero-order valence-corrected chi connectivity index (χ0v) is 15.6. The Kier molecular flexibility index (Phi) is 6.66. The van der Waals surface area contributed by atoms with Crippen LogP contribution in [0.5, 0.6) is 0 Å². The van der Waals surface area contributed by atoms with Gasteiger partial charge in [-0.3, -0.25) is 9.59 Å². The SMILES string of the molecule is CC(=O)Nc1cccc(NC(=O)c2cc(C)nc(NCCC(C)C)n2)c1. The summed E-state index contributed by atoms with van der Waals surface area (Å²) in [5.41, 5.74) is 2.19.